The van der Waals surface area contributed by atoms with Crippen LogP contribution in [0.5, 0.6) is 0 Å². The molecule has 0 aliphatic carbocycles. The summed E-state index contributed by atoms with van der Waals surface area (Å²) in [4.78, 5) is 1.29. The Morgan fingerprint density at radius 3 is 2.93 bits per heavy atom. The van der Waals surface area contributed by atoms with Gasteiger partial charge in [-0.2, -0.15) is 5.10 Å². The minimum atomic E-state index is 0.149. The highest BCUT2D eigenvalue weighted by Crippen LogP contribution is 2.26. The van der Waals surface area contributed by atoms with Crippen LogP contribution in [0.3, 0.4) is 0 Å². The number of thiophene rings is 1. The van der Waals surface area contributed by atoms with Crippen molar-refractivity contribution >= 4 is 27.3 Å². The van der Waals surface area contributed by atoms with Crippen LogP contribution in [0.4, 0.5) is 0 Å². The van der Waals surface area contributed by atoms with Crippen molar-refractivity contribution in [2.45, 2.75) is 13.0 Å². The van der Waals surface area contributed by atoms with E-state index in [1.165, 1.54) is 10.4 Å². The lowest BCUT2D eigenvalue weighted by atomic mass is 10.2. The van der Waals surface area contributed by atoms with Gasteiger partial charge in [-0.25, -0.2) is 0 Å². The Balaban J connectivity index is 2.36. The first-order valence-corrected chi connectivity index (χ1v) is 6.33. The maximum atomic E-state index is 5.80. The summed E-state index contributed by atoms with van der Waals surface area (Å²) in [5, 5.41) is 6.37. The molecule has 3 nitrogen and oxygen atoms in total. The molecule has 0 spiro atoms. The van der Waals surface area contributed by atoms with E-state index in [0.29, 0.717) is 6.54 Å². The van der Waals surface area contributed by atoms with Crippen LogP contribution in [-0.2, 0) is 0 Å². The molecule has 2 aromatic heterocycles. The molecule has 2 rings (SSSR count). The van der Waals surface area contributed by atoms with Gasteiger partial charge in [-0.05, 0) is 39.9 Å². The van der Waals surface area contributed by atoms with Crippen molar-refractivity contribution in [3.63, 3.8) is 0 Å². The molecular formula is C10H12BrN3S. The van der Waals surface area contributed by atoms with E-state index < -0.39 is 0 Å². The topological polar surface area (TPSA) is 43.8 Å². The second-order valence-electron chi connectivity index (χ2n) is 3.36. The number of nitrogens with zero attached hydrogens (tertiary/aromatic N) is 2. The van der Waals surface area contributed by atoms with Crippen LogP contribution in [0.25, 0.3) is 0 Å². The molecule has 0 bridgehead atoms. The fourth-order valence-corrected chi connectivity index (χ4v) is 2.88. The summed E-state index contributed by atoms with van der Waals surface area (Å²) in [5.74, 6) is 0. The normalized spacial score (nSPS) is 13.0. The summed E-state index contributed by atoms with van der Waals surface area (Å²) < 4.78 is 2.89. The van der Waals surface area contributed by atoms with Gasteiger partial charge in [0.15, 0.2) is 0 Å². The first-order chi connectivity index (χ1) is 7.22. The third-order valence-electron chi connectivity index (χ3n) is 2.32. The van der Waals surface area contributed by atoms with Gasteiger partial charge in [0.05, 0.1) is 16.7 Å². The van der Waals surface area contributed by atoms with Crippen molar-refractivity contribution in [1.82, 2.24) is 9.78 Å². The standard InChI is InChI=1S/C10H12BrN3S/c1-7-2-3-15-10(7)9(4-12)14-6-8(11)5-13-14/h2-3,5-6,9H,4,12H2,1H3. The average Bonchev–Trinajstić information content (AvgIpc) is 2.79. The second-order valence-corrected chi connectivity index (χ2v) is 5.22. The highest BCUT2D eigenvalue weighted by molar-refractivity contribution is 9.10. The van der Waals surface area contributed by atoms with Crippen molar-refractivity contribution in [2.75, 3.05) is 6.54 Å². The van der Waals surface area contributed by atoms with Gasteiger partial charge in [-0.15, -0.1) is 11.3 Å². The van der Waals surface area contributed by atoms with Crippen LogP contribution in [0.2, 0.25) is 0 Å². The summed E-state index contributed by atoms with van der Waals surface area (Å²) in [6, 6.07) is 2.26. The SMILES string of the molecule is Cc1ccsc1C(CN)n1cc(Br)cn1. The molecule has 0 saturated heterocycles. The molecule has 0 radical (unpaired) electrons. The highest BCUT2D eigenvalue weighted by Gasteiger charge is 2.16. The van der Waals surface area contributed by atoms with Gasteiger partial charge >= 0.3 is 0 Å². The van der Waals surface area contributed by atoms with Crippen molar-refractivity contribution in [1.29, 1.82) is 0 Å². The number of nitrogens with two attached hydrogens (primary N) is 1. The largest absolute Gasteiger partial charge is 0.328 e. The minimum Gasteiger partial charge on any atom is -0.328 e. The summed E-state index contributed by atoms with van der Waals surface area (Å²) in [6.07, 6.45) is 3.74. The maximum absolute atomic E-state index is 5.80. The fourth-order valence-electron chi connectivity index (χ4n) is 1.55. The van der Waals surface area contributed by atoms with Gasteiger partial charge < -0.3 is 5.73 Å². The predicted molar refractivity (Wildman–Crippen MR) is 66.2 cm³/mol. The lowest BCUT2D eigenvalue weighted by molar-refractivity contribution is 0.537. The molecule has 0 aromatic carbocycles. The molecule has 1 unspecified atom stereocenters. The van der Waals surface area contributed by atoms with Gasteiger partial charge in [0, 0.05) is 17.6 Å². The van der Waals surface area contributed by atoms with Crippen molar-refractivity contribution in [3.8, 4) is 0 Å². The molecule has 0 saturated carbocycles. The molecular weight excluding hydrogens is 274 g/mol. The average molecular weight is 286 g/mol. The van der Waals surface area contributed by atoms with Crippen molar-refractivity contribution < 1.29 is 0 Å². The number of halogens is 1. The molecule has 80 valence electrons. The lowest BCUT2D eigenvalue weighted by Crippen LogP contribution is -2.20. The number of aromatic nitrogens is 2. The summed E-state index contributed by atoms with van der Waals surface area (Å²) in [7, 11) is 0. The van der Waals surface area contributed by atoms with Crippen LogP contribution in [-0.4, -0.2) is 16.3 Å². The Labute approximate surface area is 101 Å². The van der Waals surface area contributed by atoms with E-state index in [1.807, 2.05) is 10.9 Å². The van der Waals surface area contributed by atoms with Crippen LogP contribution >= 0.6 is 27.3 Å². The lowest BCUT2D eigenvalue weighted by Gasteiger charge is -2.14. The molecule has 2 N–H and O–H groups in total. The van der Waals surface area contributed by atoms with E-state index in [0.717, 1.165) is 4.47 Å². The van der Waals surface area contributed by atoms with E-state index >= 15 is 0 Å². The smallest absolute Gasteiger partial charge is 0.0985 e. The number of hydrogen-bond acceptors (Lipinski definition) is 3. The molecule has 2 heterocycles. The van der Waals surface area contributed by atoms with Crippen LogP contribution < -0.4 is 5.73 Å². The van der Waals surface area contributed by atoms with E-state index in [1.54, 1.807) is 17.5 Å². The Hall–Kier alpha value is -0.650. The van der Waals surface area contributed by atoms with E-state index in [2.05, 4.69) is 39.4 Å². The minimum absolute atomic E-state index is 0.149. The Morgan fingerprint density at radius 1 is 1.67 bits per heavy atom. The molecule has 0 aliphatic rings. The van der Waals surface area contributed by atoms with Gasteiger partial charge in [0.2, 0.25) is 0 Å². The van der Waals surface area contributed by atoms with Crippen LogP contribution in [0, 0.1) is 6.92 Å². The fraction of sp³-hybridized carbons (Fsp3) is 0.300. The number of rotatable bonds is 3. The molecule has 0 fully saturated rings. The monoisotopic (exact) mass is 285 g/mol. The van der Waals surface area contributed by atoms with E-state index in [9.17, 15) is 0 Å². The summed E-state index contributed by atoms with van der Waals surface area (Å²) >= 11 is 5.12. The maximum Gasteiger partial charge on any atom is 0.0985 e. The van der Waals surface area contributed by atoms with Gasteiger partial charge in [-0.1, -0.05) is 0 Å². The molecule has 15 heavy (non-hydrogen) atoms. The van der Waals surface area contributed by atoms with Crippen LogP contribution in [0.1, 0.15) is 16.5 Å². The zero-order chi connectivity index (χ0) is 10.8. The van der Waals surface area contributed by atoms with Gasteiger partial charge in [-0.3, -0.25) is 4.68 Å². The van der Waals surface area contributed by atoms with E-state index in [4.69, 9.17) is 5.73 Å². The van der Waals surface area contributed by atoms with Gasteiger partial charge in [0.1, 0.15) is 0 Å². The second kappa shape index (κ2) is 4.47. The summed E-state index contributed by atoms with van der Waals surface area (Å²) in [5.41, 5.74) is 7.08. The highest BCUT2D eigenvalue weighted by atomic mass is 79.9. The van der Waals surface area contributed by atoms with Gasteiger partial charge in [0.25, 0.3) is 0 Å². The Bertz CT molecular complexity index is 449. The zero-order valence-electron chi connectivity index (χ0n) is 8.35. The predicted octanol–water partition coefficient (Wildman–Crippen LogP) is 2.56. The molecule has 0 amide bonds. The van der Waals surface area contributed by atoms with Crippen LogP contribution in [0.15, 0.2) is 28.3 Å². The Kier molecular flexibility index (Phi) is 3.23. The van der Waals surface area contributed by atoms with Crippen molar-refractivity contribution in [2.24, 2.45) is 5.73 Å². The number of hydrogen-bond donors (Lipinski definition) is 1. The third kappa shape index (κ3) is 2.14. The molecule has 0 aliphatic heterocycles. The molecule has 1 atom stereocenters. The van der Waals surface area contributed by atoms with Crippen molar-refractivity contribution in [3.05, 3.63) is 38.8 Å². The Morgan fingerprint density at radius 2 is 2.47 bits per heavy atom. The molecule has 2 aromatic rings. The van der Waals surface area contributed by atoms with E-state index in [-0.39, 0.29) is 6.04 Å². The zero-order valence-corrected chi connectivity index (χ0v) is 10.8. The summed E-state index contributed by atoms with van der Waals surface area (Å²) in [6.45, 7) is 2.67. The third-order valence-corrected chi connectivity index (χ3v) is 3.85. The first-order valence-electron chi connectivity index (χ1n) is 4.66. The molecule has 5 heteroatoms. The quantitative estimate of drug-likeness (QED) is 0.942. The number of aryl methyl sites for hydroxylation is 1. The first kappa shape index (κ1) is 10.9.